The van der Waals surface area contributed by atoms with Gasteiger partial charge in [0.05, 0.1) is 0 Å². The van der Waals surface area contributed by atoms with E-state index < -0.39 is 20.9 Å². The third-order valence-corrected chi connectivity index (χ3v) is 6.99. The molecular weight excluding hydrogens is 433 g/mol. The zero-order valence-electron chi connectivity index (χ0n) is 15.3. The molecule has 1 aliphatic heterocycles. The van der Waals surface area contributed by atoms with Crippen LogP contribution in [0.1, 0.15) is 49.5 Å². The Hall–Kier alpha value is -1.73. The molecule has 2 aromatic rings. The minimum Gasteiger partial charge on any atom is -0.472 e. The zero-order chi connectivity index (χ0) is 19.8. The normalized spacial score (nSPS) is 21.8. The van der Waals surface area contributed by atoms with Crippen LogP contribution in [0.2, 0.25) is 0 Å². The molecule has 144 valence electrons. The Morgan fingerprint density at radius 1 is 1.22 bits per heavy atom. The van der Waals surface area contributed by atoms with Gasteiger partial charge < -0.3 is 4.74 Å². The summed E-state index contributed by atoms with van der Waals surface area (Å²) in [5.74, 6) is -0.476. The van der Waals surface area contributed by atoms with Gasteiger partial charge in [-0.15, -0.1) is 4.40 Å². The fourth-order valence-corrected chi connectivity index (χ4v) is 5.67. The fraction of sp³-hybridized carbons (Fsp3) is 0.350. The van der Waals surface area contributed by atoms with Crippen molar-refractivity contribution in [2.75, 3.05) is 0 Å². The van der Waals surface area contributed by atoms with Crippen LogP contribution in [-0.4, -0.2) is 19.9 Å². The number of sulfonamides is 1. The highest BCUT2D eigenvalue weighted by molar-refractivity contribution is 9.10. The summed E-state index contributed by atoms with van der Waals surface area (Å²) in [6, 6.07) is 13.6. The van der Waals surface area contributed by atoms with Crippen LogP contribution in [0.5, 0.6) is 0 Å². The van der Waals surface area contributed by atoms with E-state index in [0.717, 1.165) is 4.47 Å². The lowest BCUT2D eigenvalue weighted by Gasteiger charge is -2.37. The van der Waals surface area contributed by atoms with Crippen molar-refractivity contribution >= 4 is 31.9 Å². The Balaban J connectivity index is 1.94. The summed E-state index contributed by atoms with van der Waals surface area (Å²) >= 11 is 3.37. The van der Waals surface area contributed by atoms with Crippen LogP contribution in [0.3, 0.4) is 0 Å². The quantitative estimate of drug-likeness (QED) is 0.625. The van der Waals surface area contributed by atoms with Gasteiger partial charge in [-0.3, -0.25) is 0 Å². The van der Waals surface area contributed by atoms with Crippen molar-refractivity contribution < 1.29 is 17.5 Å². The molecule has 0 saturated heterocycles. The average molecular weight is 454 g/mol. The minimum atomic E-state index is -3.84. The molecule has 0 spiro atoms. The Bertz CT molecular complexity index is 988. The predicted octanol–water partition coefficient (Wildman–Crippen LogP) is 5.36. The number of rotatable bonds is 4. The van der Waals surface area contributed by atoms with Crippen molar-refractivity contribution in [3.8, 4) is 0 Å². The van der Waals surface area contributed by atoms with Crippen LogP contribution in [-0.2, 0) is 14.8 Å². The number of benzene rings is 2. The van der Waals surface area contributed by atoms with Crippen LogP contribution in [0.4, 0.5) is 4.39 Å². The summed E-state index contributed by atoms with van der Waals surface area (Å²) < 4.78 is 50.6. The summed E-state index contributed by atoms with van der Waals surface area (Å²) in [6.07, 6.45) is 0.203. The van der Waals surface area contributed by atoms with Gasteiger partial charge in [-0.25, -0.2) is 12.8 Å². The fourth-order valence-electron chi connectivity index (χ4n) is 3.50. The lowest BCUT2D eigenvalue weighted by atomic mass is 9.95. The second-order valence-electron chi connectivity index (χ2n) is 7.27. The Labute approximate surface area is 167 Å². The van der Waals surface area contributed by atoms with Gasteiger partial charge in [-0.05, 0) is 49.1 Å². The van der Waals surface area contributed by atoms with E-state index >= 15 is 0 Å². The van der Waals surface area contributed by atoms with E-state index in [1.165, 1.54) is 6.07 Å². The topological polar surface area (TPSA) is 55.7 Å². The van der Waals surface area contributed by atoms with Gasteiger partial charge in [-0.2, -0.15) is 0 Å². The SMILES string of the molecule is C[C@H](CC1=NS(=O)(=O)C(c2cccc(Br)c2)C(C)(C)O1)c1ccccc1F. The molecule has 0 amide bonds. The number of ether oxygens (including phenoxy) is 1. The third kappa shape index (κ3) is 4.24. The molecule has 0 N–H and O–H groups in total. The summed E-state index contributed by atoms with van der Waals surface area (Å²) in [7, 11) is -3.84. The van der Waals surface area contributed by atoms with Crippen LogP contribution in [0, 0.1) is 5.82 Å². The second kappa shape index (κ2) is 7.36. The first kappa shape index (κ1) is 20.0. The minimum absolute atomic E-state index is 0.113. The van der Waals surface area contributed by atoms with E-state index in [2.05, 4.69) is 20.3 Å². The van der Waals surface area contributed by atoms with Gasteiger partial charge in [-0.1, -0.05) is 53.2 Å². The van der Waals surface area contributed by atoms with E-state index in [1.807, 2.05) is 13.0 Å². The molecule has 27 heavy (non-hydrogen) atoms. The Morgan fingerprint density at radius 2 is 1.93 bits per heavy atom. The molecule has 0 bridgehead atoms. The first-order valence-corrected chi connectivity index (χ1v) is 10.9. The predicted molar refractivity (Wildman–Crippen MR) is 108 cm³/mol. The Kier molecular flexibility index (Phi) is 5.45. The molecule has 0 aromatic heterocycles. The van der Waals surface area contributed by atoms with Gasteiger partial charge >= 0.3 is 0 Å². The highest BCUT2D eigenvalue weighted by Gasteiger charge is 2.47. The first-order chi connectivity index (χ1) is 12.6. The highest BCUT2D eigenvalue weighted by atomic mass is 79.9. The standard InChI is InChI=1S/C20H21BrFNO3S/c1-13(16-9-4-5-10-17(16)22)11-18-23-27(24,25)19(20(2,3)26-18)14-7-6-8-15(21)12-14/h4-10,12-13,19H,11H2,1-3H3/t13-,19?/m1/s1. The molecule has 0 saturated carbocycles. The second-order valence-corrected chi connectivity index (χ2v) is 9.87. The maximum absolute atomic E-state index is 14.0. The Morgan fingerprint density at radius 3 is 2.56 bits per heavy atom. The third-order valence-electron chi connectivity index (χ3n) is 4.61. The van der Waals surface area contributed by atoms with Gasteiger partial charge in [0.15, 0.2) is 0 Å². The van der Waals surface area contributed by atoms with Crippen molar-refractivity contribution in [3.05, 3.63) is 69.9 Å². The highest BCUT2D eigenvalue weighted by Crippen LogP contribution is 2.42. The zero-order valence-corrected chi connectivity index (χ0v) is 17.7. The first-order valence-electron chi connectivity index (χ1n) is 8.62. The molecule has 1 unspecified atom stereocenters. The van der Waals surface area contributed by atoms with Crippen molar-refractivity contribution in [1.29, 1.82) is 0 Å². The van der Waals surface area contributed by atoms with Gasteiger partial charge in [0, 0.05) is 10.9 Å². The molecule has 7 heteroatoms. The van der Waals surface area contributed by atoms with Crippen LogP contribution in [0.25, 0.3) is 0 Å². The van der Waals surface area contributed by atoms with Gasteiger partial charge in [0.1, 0.15) is 16.7 Å². The van der Waals surface area contributed by atoms with Crippen LogP contribution < -0.4 is 0 Å². The lowest BCUT2D eigenvalue weighted by Crippen LogP contribution is -2.43. The molecular formula is C20H21BrFNO3S. The lowest BCUT2D eigenvalue weighted by molar-refractivity contribution is 0.0803. The van der Waals surface area contributed by atoms with Crippen molar-refractivity contribution in [2.24, 2.45) is 4.40 Å². The van der Waals surface area contributed by atoms with Gasteiger partial charge in [0.25, 0.3) is 10.0 Å². The molecule has 0 fully saturated rings. The average Bonchev–Trinajstić information content (AvgIpc) is 2.52. The maximum Gasteiger partial charge on any atom is 0.267 e. The van der Waals surface area contributed by atoms with Crippen LogP contribution in [0.15, 0.2) is 57.4 Å². The number of nitrogens with zero attached hydrogens (tertiary/aromatic N) is 1. The van der Waals surface area contributed by atoms with E-state index in [0.29, 0.717) is 11.1 Å². The van der Waals surface area contributed by atoms with E-state index in [4.69, 9.17) is 4.74 Å². The summed E-state index contributed by atoms with van der Waals surface area (Å²) in [6.45, 7) is 5.29. The van der Waals surface area contributed by atoms with Gasteiger partial charge in [0.2, 0.25) is 5.90 Å². The maximum atomic E-state index is 14.0. The molecule has 2 aromatic carbocycles. The molecule has 4 nitrogen and oxygen atoms in total. The number of hydrogen-bond acceptors (Lipinski definition) is 3. The summed E-state index contributed by atoms with van der Waals surface area (Å²) in [5, 5.41) is -0.921. The van der Waals surface area contributed by atoms with E-state index in [9.17, 15) is 12.8 Å². The summed E-state index contributed by atoms with van der Waals surface area (Å²) in [5.41, 5.74) is 0.110. The molecule has 1 heterocycles. The van der Waals surface area contributed by atoms with Crippen molar-refractivity contribution in [3.63, 3.8) is 0 Å². The van der Waals surface area contributed by atoms with Crippen LogP contribution >= 0.6 is 15.9 Å². The molecule has 0 aliphatic carbocycles. The monoisotopic (exact) mass is 453 g/mol. The molecule has 1 aliphatic rings. The van der Waals surface area contributed by atoms with E-state index in [1.54, 1.807) is 50.2 Å². The van der Waals surface area contributed by atoms with Crippen molar-refractivity contribution in [1.82, 2.24) is 0 Å². The molecule has 2 atom stereocenters. The molecule has 3 rings (SSSR count). The number of halogens is 2. The number of hydrogen-bond donors (Lipinski definition) is 0. The largest absolute Gasteiger partial charge is 0.472 e. The summed E-state index contributed by atoms with van der Waals surface area (Å²) in [4.78, 5) is 0. The van der Waals surface area contributed by atoms with Crippen molar-refractivity contribution in [2.45, 2.75) is 44.0 Å². The molecule has 0 radical (unpaired) electrons. The van der Waals surface area contributed by atoms with E-state index in [-0.39, 0.29) is 24.1 Å². The smallest absolute Gasteiger partial charge is 0.267 e.